The summed E-state index contributed by atoms with van der Waals surface area (Å²) < 4.78 is 25.4. The van der Waals surface area contributed by atoms with Crippen LogP contribution in [0.1, 0.15) is 13.3 Å². The summed E-state index contributed by atoms with van der Waals surface area (Å²) in [6, 6.07) is 5.57. The van der Waals surface area contributed by atoms with Crippen molar-refractivity contribution in [3.05, 3.63) is 24.3 Å². The lowest BCUT2D eigenvalue weighted by molar-refractivity contribution is 0.259. The molecule has 0 atom stereocenters. The molecule has 4 N–H and O–H groups in total. The maximum atomic E-state index is 11.5. The van der Waals surface area contributed by atoms with Gasteiger partial charge in [-0.1, -0.05) is 6.92 Å². The number of carbonyl (C=O) groups is 1. The molecule has 0 aromatic heterocycles. The van der Waals surface area contributed by atoms with Crippen molar-refractivity contribution in [2.45, 2.75) is 13.3 Å². The molecule has 6 nitrogen and oxygen atoms in total. The Balaban J connectivity index is 2.72. The van der Waals surface area contributed by atoms with Gasteiger partial charge in [0.05, 0.1) is 5.75 Å². The third kappa shape index (κ3) is 4.73. The Morgan fingerprint density at radius 2 is 1.76 bits per heavy atom. The third-order valence-corrected chi connectivity index (χ3v) is 3.39. The summed E-state index contributed by atoms with van der Waals surface area (Å²) in [5, 5.41) is 2.38. The van der Waals surface area contributed by atoms with E-state index in [1.54, 1.807) is 31.2 Å². The average Bonchev–Trinajstić information content (AvgIpc) is 2.19. The number of sulfonamides is 1. The van der Waals surface area contributed by atoms with Crippen LogP contribution in [-0.4, -0.2) is 20.2 Å². The fraction of sp³-hybridized carbons (Fsp3) is 0.300. The number of primary amides is 1. The van der Waals surface area contributed by atoms with E-state index in [9.17, 15) is 13.2 Å². The van der Waals surface area contributed by atoms with Crippen LogP contribution in [0.2, 0.25) is 0 Å². The number of nitrogens with two attached hydrogens (primary N) is 1. The van der Waals surface area contributed by atoms with Crippen LogP contribution in [0.5, 0.6) is 0 Å². The van der Waals surface area contributed by atoms with E-state index >= 15 is 0 Å². The minimum atomic E-state index is -3.28. The monoisotopic (exact) mass is 257 g/mol. The molecule has 0 aliphatic heterocycles. The number of carbonyl (C=O) groups excluding carboxylic acids is 1. The lowest BCUT2D eigenvalue weighted by Crippen LogP contribution is -2.19. The molecular weight excluding hydrogens is 242 g/mol. The summed E-state index contributed by atoms with van der Waals surface area (Å²) in [6.45, 7) is 1.79. The predicted molar refractivity (Wildman–Crippen MR) is 67.3 cm³/mol. The second kappa shape index (κ2) is 5.53. The van der Waals surface area contributed by atoms with Gasteiger partial charge in [-0.05, 0) is 30.7 Å². The largest absolute Gasteiger partial charge is 0.351 e. The number of urea groups is 1. The van der Waals surface area contributed by atoms with E-state index in [2.05, 4.69) is 10.0 Å². The standard InChI is InChI=1S/C10H15N3O3S/c1-2-7-17(15,16)13-9-5-3-8(4-6-9)12-10(11)14/h3-6,13H,2,7H2,1H3,(H3,11,12,14). The van der Waals surface area contributed by atoms with Crippen molar-refractivity contribution in [2.24, 2.45) is 5.73 Å². The summed E-state index contributed by atoms with van der Waals surface area (Å²) >= 11 is 0. The average molecular weight is 257 g/mol. The van der Waals surface area contributed by atoms with Crippen molar-refractivity contribution in [3.8, 4) is 0 Å². The Bertz CT molecular complexity index is 482. The Kier molecular flexibility index (Phi) is 4.33. The molecule has 0 heterocycles. The molecule has 1 rings (SSSR count). The van der Waals surface area contributed by atoms with Crippen molar-refractivity contribution in [1.82, 2.24) is 0 Å². The molecule has 7 heteroatoms. The van der Waals surface area contributed by atoms with Crippen LogP contribution in [0, 0.1) is 0 Å². The maximum absolute atomic E-state index is 11.5. The van der Waals surface area contributed by atoms with Crippen LogP contribution >= 0.6 is 0 Å². The first-order valence-corrected chi connectivity index (χ1v) is 6.75. The SMILES string of the molecule is CCCS(=O)(=O)Nc1ccc(NC(N)=O)cc1. The Hall–Kier alpha value is -1.76. The van der Waals surface area contributed by atoms with Crippen LogP contribution in [0.25, 0.3) is 0 Å². The number of hydrogen-bond acceptors (Lipinski definition) is 3. The van der Waals surface area contributed by atoms with Gasteiger partial charge in [0, 0.05) is 11.4 Å². The summed E-state index contributed by atoms with van der Waals surface area (Å²) in [7, 11) is -3.28. The number of amides is 2. The topological polar surface area (TPSA) is 101 Å². The van der Waals surface area contributed by atoms with Gasteiger partial charge in [0.25, 0.3) is 0 Å². The number of benzene rings is 1. The van der Waals surface area contributed by atoms with Crippen molar-refractivity contribution < 1.29 is 13.2 Å². The fourth-order valence-corrected chi connectivity index (χ4v) is 2.40. The van der Waals surface area contributed by atoms with Gasteiger partial charge in [0.2, 0.25) is 10.0 Å². The molecule has 0 aliphatic carbocycles. The van der Waals surface area contributed by atoms with E-state index in [0.717, 1.165) is 0 Å². The van der Waals surface area contributed by atoms with Crippen molar-refractivity contribution in [3.63, 3.8) is 0 Å². The molecule has 0 saturated carbocycles. The molecule has 0 bridgehead atoms. The highest BCUT2D eigenvalue weighted by Crippen LogP contribution is 2.14. The highest BCUT2D eigenvalue weighted by Gasteiger charge is 2.08. The summed E-state index contributed by atoms with van der Waals surface area (Å²) in [5.41, 5.74) is 5.90. The molecule has 0 aliphatic rings. The fourth-order valence-electron chi connectivity index (χ4n) is 1.26. The number of nitrogens with one attached hydrogen (secondary N) is 2. The van der Waals surface area contributed by atoms with Crippen molar-refractivity contribution in [1.29, 1.82) is 0 Å². The molecule has 0 saturated heterocycles. The van der Waals surface area contributed by atoms with E-state index in [0.29, 0.717) is 17.8 Å². The van der Waals surface area contributed by atoms with Gasteiger partial charge >= 0.3 is 6.03 Å². The Labute approximate surface area is 100 Å². The summed E-state index contributed by atoms with van der Waals surface area (Å²) in [4.78, 5) is 10.6. The normalized spacial score (nSPS) is 10.9. The van der Waals surface area contributed by atoms with Crippen LogP contribution in [-0.2, 0) is 10.0 Å². The van der Waals surface area contributed by atoms with Crippen molar-refractivity contribution in [2.75, 3.05) is 15.8 Å². The van der Waals surface area contributed by atoms with Crippen LogP contribution in [0.4, 0.5) is 16.2 Å². The zero-order valence-electron chi connectivity index (χ0n) is 9.43. The van der Waals surface area contributed by atoms with E-state index in [-0.39, 0.29) is 5.75 Å². The zero-order valence-corrected chi connectivity index (χ0v) is 10.3. The van der Waals surface area contributed by atoms with Gasteiger partial charge < -0.3 is 11.1 Å². The number of hydrogen-bond donors (Lipinski definition) is 3. The van der Waals surface area contributed by atoms with Gasteiger partial charge in [-0.3, -0.25) is 4.72 Å². The highest BCUT2D eigenvalue weighted by molar-refractivity contribution is 7.92. The molecule has 17 heavy (non-hydrogen) atoms. The van der Waals surface area contributed by atoms with Gasteiger partial charge in [0.1, 0.15) is 0 Å². The van der Waals surface area contributed by atoms with Crippen LogP contribution in [0.3, 0.4) is 0 Å². The molecule has 94 valence electrons. The Morgan fingerprint density at radius 3 is 2.24 bits per heavy atom. The maximum Gasteiger partial charge on any atom is 0.316 e. The molecule has 1 aromatic rings. The van der Waals surface area contributed by atoms with E-state index in [1.807, 2.05) is 0 Å². The minimum Gasteiger partial charge on any atom is -0.351 e. The molecule has 0 radical (unpaired) electrons. The molecular formula is C10H15N3O3S. The van der Waals surface area contributed by atoms with Crippen molar-refractivity contribution >= 4 is 27.4 Å². The third-order valence-electron chi connectivity index (χ3n) is 1.90. The second-order valence-electron chi connectivity index (χ2n) is 3.49. The lowest BCUT2D eigenvalue weighted by Gasteiger charge is -2.07. The zero-order chi connectivity index (χ0) is 12.9. The van der Waals surface area contributed by atoms with E-state index in [4.69, 9.17) is 5.73 Å². The first-order chi connectivity index (χ1) is 7.93. The number of anilines is 2. The predicted octanol–water partition coefficient (Wildman–Crippen LogP) is 1.33. The van der Waals surface area contributed by atoms with Crippen LogP contribution in [0.15, 0.2) is 24.3 Å². The molecule has 2 amide bonds. The quantitative estimate of drug-likeness (QED) is 0.741. The first-order valence-electron chi connectivity index (χ1n) is 5.10. The first kappa shape index (κ1) is 13.3. The highest BCUT2D eigenvalue weighted by atomic mass is 32.2. The van der Waals surface area contributed by atoms with Gasteiger partial charge in [-0.15, -0.1) is 0 Å². The van der Waals surface area contributed by atoms with Gasteiger partial charge in [-0.25, -0.2) is 13.2 Å². The molecule has 0 unspecified atom stereocenters. The van der Waals surface area contributed by atoms with Gasteiger partial charge in [0.15, 0.2) is 0 Å². The smallest absolute Gasteiger partial charge is 0.316 e. The Morgan fingerprint density at radius 1 is 1.24 bits per heavy atom. The van der Waals surface area contributed by atoms with E-state index < -0.39 is 16.1 Å². The molecule has 1 aromatic carbocycles. The summed E-state index contributed by atoms with van der Waals surface area (Å²) in [5.74, 6) is 0.0777. The number of rotatable bonds is 5. The van der Waals surface area contributed by atoms with E-state index in [1.165, 1.54) is 0 Å². The minimum absolute atomic E-state index is 0.0777. The lowest BCUT2D eigenvalue weighted by atomic mass is 10.3. The van der Waals surface area contributed by atoms with Gasteiger partial charge in [-0.2, -0.15) is 0 Å². The van der Waals surface area contributed by atoms with Crippen LogP contribution < -0.4 is 15.8 Å². The molecule has 0 fully saturated rings. The summed E-state index contributed by atoms with van der Waals surface area (Å²) in [6.07, 6.45) is 0.552. The molecule has 0 spiro atoms. The second-order valence-corrected chi connectivity index (χ2v) is 5.33.